The SMILES string of the molecule is CCN(CC)CCCC(C)NC(=NC)NCc1ccc(C(N)=O)cc1. The van der Waals surface area contributed by atoms with Crippen LogP contribution in [0.3, 0.4) is 0 Å². The minimum Gasteiger partial charge on any atom is -0.366 e. The predicted molar refractivity (Wildman–Crippen MR) is 105 cm³/mol. The summed E-state index contributed by atoms with van der Waals surface area (Å²) >= 11 is 0. The molecule has 1 atom stereocenters. The van der Waals surface area contributed by atoms with Crippen molar-refractivity contribution in [2.24, 2.45) is 10.7 Å². The van der Waals surface area contributed by atoms with Gasteiger partial charge in [-0.05, 0) is 57.1 Å². The van der Waals surface area contributed by atoms with Gasteiger partial charge in [-0.1, -0.05) is 26.0 Å². The van der Waals surface area contributed by atoms with Gasteiger partial charge in [-0.25, -0.2) is 0 Å². The molecule has 0 radical (unpaired) electrons. The second kappa shape index (κ2) is 11.5. The largest absolute Gasteiger partial charge is 0.366 e. The second-order valence-corrected chi connectivity index (χ2v) is 6.20. The topological polar surface area (TPSA) is 82.8 Å². The number of aliphatic imine (C=N–C) groups is 1. The summed E-state index contributed by atoms with van der Waals surface area (Å²) in [5, 5.41) is 6.72. The van der Waals surface area contributed by atoms with Crippen LogP contribution < -0.4 is 16.4 Å². The number of carbonyl (C=O) groups excluding carboxylic acids is 1. The molecule has 25 heavy (non-hydrogen) atoms. The average Bonchev–Trinajstić information content (AvgIpc) is 2.62. The molecule has 1 aromatic rings. The van der Waals surface area contributed by atoms with E-state index < -0.39 is 5.91 Å². The summed E-state index contributed by atoms with van der Waals surface area (Å²) in [6, 6.07) is 7.64. The van der Waals surface area contributed by atoms with Gasteiger partial charge in [0.05, 0.1) is 0 Å². The van der Waals surface area contributed by atoms with E-state index in [4.69, 9.17) is 5.73 Å². The molecule has 6 heteroatoms. The van der Waals surface area contributed by atoms with E-state index in [0.717, 1.165) is 37.6 Å². The lowest BCUT2D eigenvalue weighted by molar-refractivity contribution is 0.100. The summed E-state index contributed by atoms with van der Waals surface area (Å²) in [4.78, 5) is 17.8. The van der Waals surface area contributed by atoms with E-state index >= 15 is 0 Å². The van der Waals surface area contributed by atoms with Crippen LogP contribution in [-0.2, 0) is 6.54 Å². The number of nitrogens with two attached hydrogens (primary N) is 1. The number of nitrogens with zero attached hydrogens (tertiary/aromatic N) is 2. The third-order valence-corrected chi connectivity index (χ3v) is 4.31. The van der Waals surface area contributed by atoms with Gasteiger partial charge in [0.2, 0.25) is 5.91 Å². The van der Waals surface area contributed by atoms with Crippen LogP contribution in [0.25, 0.3) is 0 Å². The van der Waals surface area contributed by atoms with Gasteiger partial charge >= 0.3 is 0 Å². The van der Waals surface area contributed by atoms with Crippen LogP contribution >= 0.6 is 0 Å². The van der Waals surface area contributed by atoms with E-state index in [1.807, 2.05) is 12.1 Å². The van der Waals surface area contributed by atoms with Gasteiger partial charge in [-0.2, -0.15) is 0 Å². The summed E-state index contributed by atoms with van der Waals surface area (Å²) in [7, 11) is 1.77. The van der Waals surface area contributed by atoms with Crippen LogP contribution in [0.5, 0.6) is 0 Å². The number of guanidine groups is 1. The Bertz CT molecular complexity index is 537. The Balaban J connectivity index is 2.37. The molecule has 1 rings (SSSR count). The van der Waals surface area contributed by atoms with Crippen LogP contribution in [0.15, 0.2) is 29.3 Å². The van der Waals surface area contributed by atoms with Crippen molar-refractivity contribution in [2.45, 2.75) is 46.2 Å². The Hall–Kier alpha value is -2.08. The lowest BCUT2D eigenvalue weighted by Crippen LogP contribution is -2.42. The Morgan fingerprint density at radius 1 is 1.24 bits per heavy atom. The van der Waals surface area contributed by atoms with Crippen molar-refractivity contribution < 1.29 is 4.79 Å². The molecule has 0 saturated heterocycles. The molecule has 140 valence electrons. The standard InChI is InChI=1S/C19H33N5O/c1-5-24(6-2)13-7-8-15(3)23-19(21-4)22-14-16-9-11-17(12-10-16)18(20)25/h9-12,15H,5-8,13-14H2,1-4H3,(H2,20,25)(H2,21,22,23). The fraction of sp³-hybridized carbons (Fsp3) is 0.579. The first-order valence-electron chi connectivity index (χ1n) is 9.08. The minimum atomic E-state index is -0.407. The van der Waals surface area contributed by atoms with Gasteiger partial charge in [0.15, 0.2) is 5.96 Å². The lowest BCUT2D eigenvalue weighted by Gasteiger charge is -2.21. The zero-order valence-electron chi connectivity index (χ0n) is 16.0. The van der Waals surface area contributed by atoms with Crippen molar-refractivity contribution in [3.05, 3.63) is 35.4 Å². The van der Waals surface area contributed by atoms with E-state index in [9.17, 15) is 4.79 Å². The number of carbonyl (C=O) groups is 1. The Morgan fingerprint density at radius 2 is 1.88 bits per heavy atom. The summed E-state index contributed by atoms with van der Waals surface area (Å²) in [5.74, 6) is 0.379. The maximum atomic E-state index is 11.1. The van der Waals surface area contributed by atoms with Gasteiger partial charge < -0.3 is 21.3 Å². The molecule has 0 saturated carbocycles. The fourth-order valence-electron chi connectivity index (χ4n) is 2.63. The molecule has 1 amide bonds. The van der Waals surface area contributed by atoms with Crippen LogP contribution in [-0.4, -0.2) is 49.5 Å². The molecule has 4 N–H and O–H groups in total. The zero-order chi connectivity index (χ0) is 18.7. The van der Waals surface area contributed by atoms with Crippen molar-refractivity contribution >= 4 is 11.9 Å². The predicted octanol–water partition coefficient (Wildman–Crippen LogP) is 1.96. The molecule has 0 spiro atoms. The average molecular weight is 348 g/mol. The molecule has 0 aliphatic heterocycles. The minimum absolute atomic E-state index is 0.360. The Morgan fingerprint density at radius 3 is 2.40 bits per heavy atom. The van der Waals surface area contributed by atoms with Crippen molar-refractivity contribution in [2.75, 3.05) is 26.7 Å². The van der Waals surface area contributed by atoms with Crippen LogP contribution in [0.2, 0.25) is 0 Å². The number of hydrogen-bond donors (Lipinski definition) is 3. The van der Waals surface area contributed by atoms with E-state index in [2.05, 4.69) is 41.3 Å². The molecule has 0 fully saturated rings. The first-order valence-corrected chi connectivity index (χ1v) is 9.08. The van der Waals surface area contributed by atoms with Gasteiger partial charge in [0.1, 0.15) is 0 Å². The highest BCUT2D eigenvalue weighted by atomic mass is 16.1. The highest BCUT2D eigenvalue weighted by Gasteiger charge is 2.07. The van der Waals surface area contributed by atoms with Gasteiger partial charge in [0.25, 0.3) is 0 Å². The Labute approximate surface area is 151 Å². The van der Waals surface area contributed by atoms with E-state index in [1.165, 1.54) is 6.42 Å². The second-order valence-electron chi connectivity index (χ2n) is 6.20. The molecule has 1 aromatic carbocycles. The summed E-state index contributed by atoms with van der Waals surface area (Å²) in [5.41, 5.74) is 6.84. The zero-order valence-corrected chi connectivity index (χ0v) is 16.0. The maximum absolute atomic E-state index is 11.1. The number of rotatable bonds is 10. The number of nitrogens with one attached hydrogen (secondary N) is 2. The van der Waals surface area contributed by atoms with E-state index in [-0.39, 0.29) is 0 Å². The highest BCUT2D eigenvalue weighted by molar-refractivity contribution is 5.92. The highest BCUT2D eigenvalue weighted by Crippen LogP contribution is 2.04. The van der Waals surface area contributed by atoms with E-state index in [1.54, 1.807) is 19.2 Å². The third kappa shape index (κ3) is 8.03. The monoisotopic (exact) mass is 347 g/mol. The number of hydrogen-bond acceptors (Lipinski definition) is 3. The van der Waals surface area contributed by atoms with Crippen LogP contribution in [0.1, 0.15) is 49.5 Å². The van der Waals surface area contributed by atoms with Crippen LogP contribution in [0.4, 0.5) is 0 Å². The van der Waals surface area contributed by atoms with Crippen molar-refractivity contribution in [3.63, 3.8) is 0 Å². The van der Waals surface area contributed by atoms with Gasteiger partial charge in [0, 0.05) is 25.2 Å². The van der Waals surface area contributed by atoms with Gasteiger partial charge in [-0.3, -0.25) is 9.79 Å². The molecule has 0 aliphatic rings. The normalized spacial score (nSPS) is 12.9. The number of benzene rings is 1. The third-order valence-electron chi connectivity index (χ3n) is 4.31. The van der Waals surface area contributed by atoms with E-state index in [0.29, 0.717) is 18.2 Å². The first-order chi connectivity index (χ1) is 12.0. The lowest BCUT2D eigenvalue weighted by atomic mass is 10.1. The summed E-state index contributed by atoms with van der Waals surface area (Å²) in [6.07, 6.45) is 2.27. The molecular formula is C19H33N5O. The first kappa shape index (κ1) is 21.0. The summed E-state index contributed by atoms with van der Waals surface area (Å²) in [6.45, 7) is 10.6. The number of amides is 1. The van der Waals surface area contributed by atoms with Crippen molar-refractivity contribution in [1.82, 2.24) is 15.5 Å². The molecular weight excluding hydrogens is 314 g/mol. The van der Waals surface area contributed by atoms with Gasteiger partial charge in [-0.15, -0.1) is 0 Å². The molecule has 0 aromatic heterocycles. The summed E-state index contributed by atoms with van der Waals surface area (Å²) < 4.78 is 0. The maximum Gasteiger partial charge on any atom is 0.248 e. The fourth-order valence-corrected chi connectivity index (χ4v) is 2.63. The smallest absolute Gasteiger partial charge is 0.248 e. The Kier molecular flexibility index (Phi) is 9.62. The van der Waals surface area contributed by atoms with Crippen LogP contribution in [0, 0.1) is 0 Å². The molecule has 1 unspecified atom stereocenters. The van der Waals surface area contributed by atoms with Crippen molar-refractivity contribution in [1.29, 1.82) is 0 Å². The quantitative estimate of drug-likeness (QED) is 0.446. The molecule has 0 heterocycles. The molecule has 0 aliphatic carbocycles. The van der Waals surface area contributed by atoms with Crippen molar-refractivity contribution in [3.8, 4) is 0 Å². The molecule has 6 nitrogen and oxygen atoms in total. The number of primary amides is 1. The molecule has 0 bridgehead atoms.